The quantitative estimate of drug-likeness (QED) is 0.778. The van der Waals surface area contributed by atoms with Crippen molar-refractivity contribution in [3.8, 4) is 5.75 Å². The van der Waals surface area contributed by atoms with Crippen molar-refractivity contribution in [2.75, 3.05) is 20.3 Å². The predicted molar refractivity (Wildman–Crippen MR) is 70.9 cm³/mol. The number of fused-ring (bicyclic) bond motifs is 1. The van der Waals surface area contributed by atoms with Gasteiger partial charge in [-0.05, 0) is 24.8 Å². The number of ether oxygens (including phenoxy) is 2. The fourth-order valence-electron chi connectivity index (χ4n) is 2.76. The average Bonchev–Trinajstić information content (AvgIpc) is 3.25. The summed E-state index contributed by atoms with van der Waals surface area (Å²) < 4.78 is 10.7. The number of rotatable bonds is 3. The van der Waals surface area contributed by atoms with E-state index in [4.69, 9.17) is 9.47 Å². The maximum absolute atomic E-state index is 12.0. The molecule has 4 nitrogen and oxygen atoms in total. The molecule has 1 aromatic rings. The molecule has 1 aromatic carbocycles. The molecule has 1 unspecified atom stereocenters. The molecule has 1 saturated carbocycles. The van der Waals surface area contributed by atoms with Crippen molar-refractivity contribution in [3.63, 3.8) is 0 Å². The summed E-state index contributed by atoms with van der Waals surface area (Å²) in [5.74, 6) is 1.28. The average molecular weight is 261 g/mol. The van der Waals surface area contributed by atoms with Crippen LogP contribution in [0.25, 0.3) is 0 Å². The summed E-state index contributed by atoms with van der Waals surface area (Å²) in [7, 11) is 1.47. The lowest BCUT2D eigenvalue weighted by Crippen LogP contribution is -2.44. The lowest BCUT2D eigenvalue weighted by Gasteiger charge is -2.27. The molecule has 4 heteroatoms. The third kappa shape index (κ3) is 2.59. The summed E-state index contributed by atoms with van der Waals surface area (Å²) in [4.78, 5) is 14.2. The molecule has 0 N–H and O–H groups in total. The van der Waals surface area contributed by atoms with Gasteiger partial charge < -0.3 is 9.47 Å². The first-order chi connectivity index (χ1) is 9.29. The van der Waals surface area contributed by atoms with Crippen LogP contribution in [0.2, 0.25) is 0 Å². The largest absolute Gasteiger partial charge is 0.492 e. The van der Waals surface area contributed by atoms with Crippen LogP contribution in [-0.2, 0) is 16.1 Å². The Labute approximate surface area is 113 Å². The molecule has 0 amide bonds. The molecule has 2 aliphatic rings. The summed E-state index contributed by atoms with van der Waals surface area (Å²) in [6.45, 7) is 2.15. The van der Waals surface area contributed by atoms with Crippen molar-refractivity contribution in [1.82, 2.24) is 4.90 Å². The van der Waals surface area contributed by atoms with Crippen LogP contribution in [0.5, 0.6) is 5.75 Å². The molecular weight excluding hydrogens is 242 g/mol. The van der Waals surface area contributed by atoms with Crippen LogP contribution in [0.4, 0.5) is 0 Å². The molecule has 1 aliphatic heterocycles. The van der Waals surface area contributed by atoms with E-state index in [-0.39, 0.29) is 12.0 Å². The first-order valence-electron chi connectivity index (χ1n) is 6.82. The third-order valence-electron chi connectivity index (χ3n) is 3.89. The lowest BCUT2D eigenvalue weighted by molar-refractivity contribution is -0.148. The van der Waals surface area contributed by atoms with E-state index in [0.717, 1.165) is 37.2 Å². The monoisotopic (exact) mass is 261 g/mol. The van der Waals surface area contributed by atoms with Crippen molar-refractivity contribution in [3.05, 3.63) is 29.8 Å². The van der Waals surface area contributed by atoms with Crippen molar-refractivity contribution < 1.29 is 14.3 Å². The maximum Gasteiger partial charge on any atom is 0.323 e. The maximum atomic E-state index is 12.0. The van der Waals surface area contributed by atoms with Gasteiger partial charge in [0.25, 0.3) is 0 Å². The molecule has 102 valence electrons. The van der Waals surface area contributed by atoms with Gasteiger partial charge in [0.15, 0.2) is 0 Å². The molecule has 0 aromatic heterocycles. The fraction of sp³-hybridized carbons (Fsp3) is 0.533. The number of esters is 1. The summed E-state index contributed by atoms with van der Waals surface area (Å²) >= 11 is 0. The second-order valence-corrected chi connectivity index (χ2v) is 5.23. The zero-order valence-electron chi connectivity index (χ0n) is 11.2. The molecular formula is C15H19NO3. The summed E-state index contributed by atoms with van der Waals surface area (Å²) in [5.41, 5.74) is 1.15. The van der Waals surface area contributed by atoms with Gasteiger partial charge in [-0.2, -0.15) is 0 Å². The number of hydrogen-bond donors (Lipinski definition) is 0. The molecule has 0 spiro atoms. The summed E-state index contributed by atoms with van der Waals surface area (Å²) in [6, 6.07) is 7.93. The van der Waals surface area contributed by atoms with Gasteiger partial charge in [-0.15, -0.1) is 0 Å². The summed E-state index contributed by atoms with van der Waals surface area (Å²) in [6.07, 6.45) is 2.25. The highest BCUT2D eigenvalue weighted by Gasteiger charge is 2.41. The highest BCUT2D eigenvalue weighted by molar-refractivity contribution is 5.76. The van der Waals surface area contributed by atoms with E-state index >= 15 is 0 Å². The van der Waals surface area contributed by atoms with Crippen LogP contribution in [0.15, 0.2) is 24.3 Å². The Morgan fingerprint density at radius 1 is 1.42 bits per heavy atom. The van der Waals surface area contributed by atoms with Crippen molar-refractivity contribution in [1.29, 1.82) is 0 Å². The Morgan fingerprint density at radius 3 is 2.95 bits per heavy atom. The van der Waals surface area contributed by atoms with Gasteiger partial charge >= 0.3 is 5.97 Å². The van der Waals surface area contributed by atoms with Gasteiger partial charge in [0.05, 0.1) is 7.11 Å². The first kappa shape index (κ1) is 12.5. The number of carbonyl (C=O) groups excluding carboxylic acids is 1. The van der Waals surface area contributed by atoms with Gasteiger partial charge in [-0.1, -0.05) is 18.2 Å². The van der Waals surface area contributed by atoms with Crippen LogP contribution in [0.1, 0.15) is 18.4 Å². The standard InChI is InChI=1S/C15H19NO3/c1-18-15(17)14(11-6-7-11)16-8-9-19-13-5-3-2-4-12(13)10-16/h2-5,11,14H,6-10H2,1H3. The second kappa shape index (κ2) is 5.21. The van der Waals surface area contributed by atoms with E-state index in [1.807, 2.05) is 18.2 Å². The van der Waals surface area contributed by atoms with Crippen molar-refractivity contribution >= 4 is 5.97 Å². The fourth-order valence-corrected chi connectivity index (χ4v) is 2.76. The minimum atomic E-state index is -0.111. The molecule has 19 heavy (non-hydrogen) atoms. The smallest absolute Gasteiger partial charge is 0.323 e. The Balaban J connectivity index is 1.82. The zero-order valence-corrected chi connectivity index (χ0v) is 11.2. The molecule has 1 fully saturated rings. The van der Waals surface area contributed by atoms with E-state index < -0.39 is 0 Å². The van der Waals surface area contributed by atoms with Crippen LogP contribution < -0.4 is 4.74 Å². The topological polar surface area (TPSA) is 38.8 Å². The minimum Gasteiger partial charge on any atom is -0.492 e. The van der Waals surface area contributed by atoms with E-state index in [1.165, 1.54) is 7.11 Å². The first-order valence-corrected chi connectivity index (χ1v) is 6.82. The van der Waals surface area contributed by atoms with Crippen LogP contribution >= 0.6 is 0 Å². The number of para-hydroxylation sites is 1. The predicted octanol–water partition coefficient (Wildman–Crippen LogP) is 1.83. The molecule has 1 aliphatic carbocycles. The van der Waals surface area contributed by atoms with Crippen molar-refractivity contribution in [2.45, 2.75) is 25.4 Å². The van der Waals surface area contributed by atoms with Gasteiger partial charge in [0.2, 0.25) is 0 Å². The highest BCUT2D eigenvalue weighted by atomic mass is 16.5. The van der Waals surface area contributed by atoms with Gasteiger partial charge in [-0.3, -0.25) is 9.69 Å². The normalized spacial score (nSPS) is 20.9. The Bertz CT molecular complexity index is 470. The lowest BCUT2D eigenvalue weighted by atomic mass is 10.1. The highest BCUT2D eigenvalue weighted by Crippen LogP contribution is 2.37. The van der Waals surface area contributed by atoms with Gasteiger partial charge in [0, 0.05) is 18.7 Å². The zero-order chi connectivity index (χ0) is 13.2. The van der Waals surface area contributed by atoms with Crippen LogP contribution in [0.3, 0.4) is 0 Å². The molecule has 3 rings (SSSR count). The van der Waals surface area contributed by atoms with E-state index in [0.29, 0.717) is 12.5 Å². The number of carbonyl (C=O) groups is 1. The van der Waals surface area contributed by atoms with Gasteiger partial charge in [0.1, 0.15) is 18.4 Å². The Morgan fingerprint density at radius 2 is 2.21 bits per heavy atom. The molecule has 1 atom stereocenters. The molecule has 1 heterocycles. The van der Waals surface area contributed by atoms with E-state index in [2.05, 4.69) is 11.0 Å². The Hall–Kier alpha value is -1.55. The SMILES string of the molecule is COC(=O)C(C1CC1)N1CCOc2ccccc2C1. The minimum absolute atomic E-state index is 0.109. The van der Waals surface area contributed by atoms with E-state index in [9.17, 15) is 4.79 Å². The van der Waals surface area contributed by atoms with Gasteiger partial charge in [-0.25, -0.2) is 0 Å². The number of hydrogen-bond acceptors (Lipinski definition) is 4. The second-order valence-electron chi connectivity index (χ2n) is 5.23. The van der Waals surface area contributed by atoms with E-state index in [1.54, 1.807) is 0 Å². The molecule has 0 radical (unpaired) electrons. The van der Waals surface area contributed by atoms with Crippen LogP contribution in [-0.4, -0.2) is 37.2 Å². The molecule has 0 saturated heterocycles. The number of nitrogens with zero attached hydrogens (tertiary/aromatic N) is 1. The van der Waals surface area contributed by atoms with Crippen LogP contribution in [0, 0.1) is 5.92 Å². The summed E-state index contributed by atoms with van der Waals surface area (Å²) in [5, 5.41) is 0. The third-order valence-corrected chi connectivity index (χ3v) is 3.89. The number of benzene rings is 1. The Kier molecular flexibility index (Phi) is 3.42. The number of methoxy groups -OCH3 is 1. The molecule has 0 bridgehead atoms. The van der Waals surface area contributed by atoms with Crippen molar-refractivity contribution in [2.24, 2.45) is 5.92 Å².